The summed E-state index contributed by atoms with van der Waals surface area (Å²) in [5.41, 5.74) is 1.06. The van der Waals surface area contributed by atoms with Gasteiger partial charge in [-0.15, -0.1) is 0 Å². The zero-order valence-corrected chi connectivity index (χ0v) is 5.86. The predicted octanol–water partition coefficient (Wildman–Crippen LogP) is 0.584. The van der Waals surface area contributed by atoms with Gasteiger partial charge in [0.15, 0.2) is 0 Å². The molecule has 2 N–H and O–H groups in total. The molecule has 0 rings (SSSR count). The number of rotatable bonds is 2. The lowest BCUT2D eigenvalue weighted by Crippen LogP contribution is -2.09. The van der Waals surface area contributed by atoms with Crippen molar-refractivity contribution in [3.8, 4) is 0 Å². The average Bonchev–Trinajstić information content (AvgIpc) is 1.84. The van der Waals surface area contributed by atoms with Crippen molar-refractivity contribution >= 4 is 5.97 Å². The topological polar surface area (TPSA) is 49.3 Å². The van der Waals surface area contributed by atoms with E-state index < -0.39 is 5.97 Å². The van der Waals surface area contributed by atoms with E-state index in [0.717, 1.165) is 0 Å². The molecule has 52 valence electrons. The van der Waals surface area contributed by atoms with E-state index in [2.05, 4.69) is 5.32 Å². The third-order valence-corrected chi connectivity index (χ3v) is 1.26. The number of nitrogens with one attached hydrogen (secondary N) is 1. The minimum Gasteiger partial charge on any atom is -0.478 e. The maximum atomic E-state index is 10.2. The number of carboxylic acid groups (broad SMARTS) is 1. The molecule has 0 fully saturated rings. The molecule has 0 aromatic carbocycles. The maximum Gasteiger partial charge on any atom is 0.333 e. The normalized spacial score (nSPS) is 12.3. The van der Waals surface area contributed by atoms with E-state index in [0.29, 0.717) is 11.3 Å². The Morgan fingerprint density at radius 1 is 1.44 bits per heavy atom. The summed E-state index contributed by atoms with van der Waals surface area (Å²) < 4.78 is 0. The lowest BCUT2D eigenvalue weighted by Gasteiger charge is -2.00. The van der Waals surface area contributed by atoms with E-state index >= 15 is 0 Å². The van der Waals surface area contributed by atoms with Gasteiger partial charge >= 0.3 is 5.97 Å². The first-order valence-electron chi connectivity index (χ1n) is 2.68. The van der Waals surface area contributed by atoms with Crippen LogP contribution in [0.4, 0.5) is 0 Å². The summed E-state index contributed by atoms with van der Waals surface area (Å²) in [6.07, 6.45) is 0. The van der Waals surface area contributed by atoms with Crippen LogP contribution in [0.25, 0.3) is 0 Å². The molecule has 0 radical (unpaired) electrons. The number of carboxylic acids is 1. The molecule has 0 aromatic rings. The second kappa shape index (κ2) is 3.12. The summed E-state index contributed by atoms with van der Waals surface area (Å²) >= 11 is 0. The molecular weight excluding hydrogens is 118 g/mol. The fourth-order valence-corrected chi connectivity index (χ4v) is 0.348. The predicted molar refractivity (Wildman–Crippen MR) is 35.1 cm³/mol. The lowest BCUT2D eigenvalue weighted by atomic mass is 10.2. The molecule has 9 heavy (non-hydrogen) atoms. The van der Waals surface area contributed by atoms with Crippen molar-refractivity contribution in [3.05, 3.63) is 11.3 Å². The Hall–Kier alpha value is -0.990. The maximum absolute atomic E-state index is 10.2. The first-order valence-corrected chi connectivity index (χ1v) is 2.68. The Bertz CT molecular complexity index is 149. The van der Waals surface area contributed by atoms with Gasteiger partial charge < -0.3 is 10.4 Å². The molecule has 0 aliphatic carbocycles. The summed E-state index contributed by atoms with van der Waals surface area (Å²) in [5, 5.41) is 11.1. The van der Waals surface area contributed by atoms with E-state index in [1.807, 2.05) is 0 Å². The smallest absolute Gasteiger partial charge is 0.333 e. The van der Waals surface area contributed by atoms with Crippen LogP contribution in [0.5, 0.6) is 0 Å². The van der Waals surface area contributed by atoms with E-state index in [9.17, 15) is 4.79 Å². The fourth-order valence-electron chi connectivity index (χ4n) is 0.348. The summed E-state index contributed by atoms with van der Waals surface area (Å²) in [7, 11) is 1.70. The summed E-state index contributed by atoms with van der Waals surface area (Å²) in [4.78, 5) is 10.2. The van der Waals surface area contributed by atoms with Crippen molar-refractivity contribution in [1.29, 1.82) is 0 Å². The first kappa shape index (κ1) is 8.01. The van der Waals surface area contributed by atoms with Crippen molar-refractivity contribution < 1.29 is 9.90 Å². The summed E-state index contributed by atoms with van der Waals surface area (Å²) in [5.74, 6) is -0.873. The molecular formula is C6H11NO2. The van der Waals surface area contributed by atoms with E-state index in [1.165, 1.54) is 0 Å². The third kappa shape index (κ3) is 2.17. The van der Waals surface area contributed by atoms with Crippen molar-refractivity contribution in [1.82, 2.24) is 5.32 Å². The van der Waals surface area contributed by atoms with Gasteiger partial charge in [0.25, 0.3) is 0 Å². The van der Waals surface area contributed by atoms with Crippen LogP contribution in [-0.2, 0) is 4.79 Å². The number of hydrogen-bond donors (Lipinski definition) is 2. The van der Waals surface area contributed by atoms with Crippen LogP contribution < -0.4 is 5.32 Å². The Morgan fingerprint density at radius 2 is 1.89 bits per heavy atom. The zero-order valence-electron chi connectivity index (χ0n) is 5.86. The van der Waals surface area contributed by atoms with Gasteiger partial charge in [0, 0.05) is 12.7 Å². The molecule has 0 spiro atoms. The van der Waals surface area contributed by atoms with Crippen molar-refractivity contribution in [2.75, 3.05) is 7.05 Å². The zero-order chi connectivity index (χ0) is 7.44. The monoisotopic (exact) mass is 129 g/mol. The SMILES string of the molecule is CN/C(C)=C(/C)C(=O)O. The van der Waals surface area contributed by atoms with Gasteiger partial charge in [-0.2, -0.15) is 0 Å². The summed E-state index contributed by atoms with van der Waals surface area (Å²) in [6.45, 7) is 3.29. The molecule has 3 nitrogen and oxygen atoms in total. The largest absolute Gasteiger partial charge is 0.478 e. The van der Waals surface area contributed by atoms with E-state index in [4.69, 9.17) is 5.11 Å². The molecule has 0 aromatic heterocycles. The van der Waals surface area contributed by atoms with Gasteiger partial charge in [0.1, 0.15) is 0 Å². The van der Waals surface area contributed by atoms with Crippen LogP contribution in [-0.4, -0.2) is 18.1 Å². The molecule has 0 bridgehead atoms. The molecule has 0 heterocycles. The molecule has 3 heteroatoms. The number of aliphatic carboxylic acids is 1. The second-order valence-electron chi connectivity index (χ2n) is 1.81. The van der Waals surface area contributed by atoms with Gasteiger partial charge in [-0.3, -0.25) is 0 Å². The van der Waals surface area contributed by atoms with Crippen LogP contribution in [0.15, 0.2) is 11.3 Å². The number of allylic oxidation sites excluding steroid dienone is 1. The quantitative estimate of drug-likeness (QED) is 0.536. The van der Waals surface area contributed by atoms with Gasteiger partial charge in [0.05, 0.1) is 5.57 Å². The highest BCUT2D eigenvalue weighted by Gasteiger charge is 2.01. The van der Waals surface area contributed by atoms with E-state index in [1.54, 1.807) is 20.9 Å². The van der Waals surface area contributed by atoms with Crippen LogP contribution in [0, 0.1) is 0 Å². The van der Waals surface area contributed by atoms with Crippen molar-refractivity contribution in [3.63, 3.8) is 0 Å². The Labute approximate surface area is 54.4 Å². The third-order valence-electron chi connectivity index (χ3n) is 1.26. The fraction of sp³-hybridized carbons (Fsp3) is 0.500. The number of hydrogen-bond acceptors (Lipinski definition) is 2. The molecule has 0 aliphatic heterocycles. The van der Waals surface area contributed by atoms with Crippen molar-refractivity contribution in [2.24, 2.45) is 0 Å². The Kier molecular flexibility index (Phi) is 2.78. The lowest BCUT2D eigenvalue weighted by molar-refractivity contribution is -0.132. The molecule has 0 saturated carbocycles. The van der Waals surface area contributed by atoms with Crippen LogP contribution in [0.1, 0.15) is 13.8 Å². The minimum absolute atomic E-state index is 0.359. The van der Waals surface area contributed by atoms with Crippen LogP contribution in [0.3, 0.4) is 0 Å². The van der Waals surface area contributed by atoms with Gasteiger partial charge in [0.2, 0.25) is 0 Å². The second-order valence-corrected chi connectivity index (χ2v) is 1.81. The van der Waals surface area contributed by atoms with Crippen LogP contribution >= 0.6 is 0 Å². The highest BCUT2D eigenvalue weighted by molar-refractivity contribution is 5.86. The van der Waals surface area contributed by atoms with Gasteiger partial charge in [-0.25, -0.2) is 4.79 Å². The Balaban J connectivity index is 4.28. The number of carbonyl (C=O) groups is 1. The van der Waals surface area contributed by atoms with E-state index in [-0.39, 0.29) is 0 Å². The molecule has 0 saturated heterocycles. The average molecular weight is 129 g/mol. The highest BCUT2D eigenvalue weighted by Crippen LogP contribution is 1.97. The molecule has 0 unspecified atom stereocenters. The first-order chi connectivity index (χ1) is 4.09. The molecule has 0 atom stereocenters. The van der Waals surface area contributed by atoms with Gasteiger partial charge in [-0.1, -0.05) is 0 Å². The van der Waals surface area contributed by atoms with Crippen LogP contribution in [0.2, 0.25) is 0 Å². The van der Waals surface area contributed by atoms with Crippen molar-refractivity contribution in [2.45, 2.75) is 13.8 Å². The molecule has 0 aliphatic rings. The minimum atomic E-state index is -0.873. The summed E-state index contributed by atoms with van der Waals surface area (Å²) in [6, 6.07) is 0. The Morgan fingerprint density at radius 3 is 2.00 bits per heavy atom. The highest BCUT2D eigenvalue weighted by atomic mass is 16.4. The standard InChI is InChI=1S/C6H11NO2/c1-4(6(8)9)5(2)7-3/h7H,1-3H3,(H,8,9)/b5-4-. The molecule has 0 amide bonds. The van der Waals surface area contributed by atoms with Gasteiger partial charge in [-0.05, 0) is 13.8 Å².